The summed E-state index contributed by atoms with van der Waals surface area (Å²) in [6.45, 7) is -3.18. The molecule has 1 aliphatic carbocycles. The van der Waals surface area contributed by atoms with Gasteiger partial charge in [0.25, 0.3) is 5.91 Å². The number of benzene rings is 1. The molecule has 0 aliphatic heterocycles. The Kier molecular flexibility index (Phi) is 6.22. The summed E-state index contributed by atoms with van der Waals surface area (Å²) >= 11 is 0. The quantitative estimate of drug-likeness (QED) is 0.290. The van der Waals surface area contributed by atoms with Crippen molar-refractivity contribution in [1.29, 1.82) is 0 Å². The van der Waals surface area contributed by atoms with Crippen LogP contribution in [0.5, 0.6) is 5.75 Å². The van der Waals surface area contributed by atoms with Crippen molar-refractivity contribution in [3.05, 3.63) is 35.7 Å². The van der Waals surface area contributed by atoms with E-state index in [0.717, 1.165) is 24.6 Å². The van der Waals surface area contributed by atoms with Crippen molar-refractivity contribution in [1.82, 2.24) is 30.4 Å². The molecule has 1 aliphatic rings. The third-order valence-corrected chi connectivity index (χ3v) is 5.77. The number of carbonyl (C=O) groups is 2. The van der Waals surface area contributed by atoms with Crippen LogP contribution in [-0.2, 0) is 21.4 Å². The van der Waals surface area contributed by atoms with Gasteiger partial charge >= 0.3 is 0 Å². The Bertz CT molecular complexity index is 1560. The fraction of sp³-hybridized carbons (Fsp3) is 0.333. The average Bonchev–Trinajstić information content (AvgIpc) is 3.59. The number of sulfonamides is 1. The van der Waals surface area contributed by atoms with Crippen LogP contribution in [0.3, 0.4) is 0 Å². The van der Waals surface area contributed by atoms with Gasteiger partial charge in [0.05, 0.1) is 48.7 Å². The molecule has 0 radical (unpaired) electrons. The lowest BCUT2D eigenvalue weighted by atomic mass is 10.1. The molecule has 0 saturated heterocycles. The average molecular weight is 538 g/mol. The first-order valence-corrected chi connectivity index (χ1v) is 12.5. The van der Waals surface area contributed by atoms with Crippen LogP contribution in [0.15, 0.2) is 22.9 Å². The van der Waals surface area contributed by atoms with Crippen LogP contribution < -0.4 is 25.4 Å². The number of carbonyl (C=O) groups excluding carboxylic acids is 2. The number of anilines is 3. The van der Waals surface area contributed by atoms with E-state index in [1.54, 1.807) is 5.32 Å². The van der Waals surface area contributed by atoms with Crippen LogP contribution in [0.1, 0.15) is 33.3 Å². The fourth-order valence-corrected chi connectivity index (χ4v) is 3.63. The molecule has 3 aromatic rings. The van der Waals surface area contributed by atoms with Gasteiger partial charge in [-0.25, -0.2) is 17.5 Å². The van der Waals surface area contributed by atoms with E-state index >= 15 is 0 Å². The first-order valence-electron chi connectivity index (χ1n) is 12.2. The Hall–Kier alpha value is -4.18. The van der Waals surface area contributed by atoms with E-state index in [-0.39, 0.29) is 58.5 Å². The Labute approximate surface area is 214 Å². The summed E-state index contributed by atoms with van der Waals surface area (Å²) in [5.41, 5.74) is -0.823. The highest BCUT2D eigenvalue weighted by atomic mass is 32.2. The molecule has 14 nitrogen and oxygen atoms in total. The van der Waals surface area contributed by atoms with Crippen LogP contribution in [0, 0.1) is 11.7 Å². The van der Waals surface area contributed by atoms with Crippen LogP contribution in [0.2, 0.25) is 0 Å². The number of methoxy groups -OCH3 is 1. The molecule has 4 N–H and O–H groups in total. The zero-order valence-electron chi connectivity index (χ0n) is 22.5. The lowest BCUT2D eigenvalue weighted by Crippen LogP contribution is -2.23. The molecule has 0 atom stereocenters. The largest absolute Gasteiger partial charge is 0.494 e. The Morgan fingerprint density at radius 2 is 2.08 bits per heavy atom. The number of aromatic nitrogens is 4. The third kappa shape index (κ3) is 6.15. The third-order valence-electron chi connectivity index (χ3n) is 5.10. The molecule has 16 heteroatoms. The normalized spacial score (nSPS) is 14.7. The molecular formula is C21H23FN8O6S. The van der Waals surface area contributed by atoms with Gasteiger partial charge in [-0.1, -0.05) is 5.16 Å². The van der Waals surface area contributed by atoms with Gasteiger partial charge in [-0.3, -0.25) is 9.59 Å². The number of amides is 2. The predicted molar refractivity (Wildman–Crippen MR) is 128 cm³/mol. The van der Waals surface area contributed by atoms with Crippen molar-refractivity contribution in [3.8, 4) is 17.1 Å². The highest BCUT2D eigenvalue weighted by Crippen LogP contribution is 2.40. The predicted octanol–water partition coefficient (Wildman–Crippen LogP) is 1.18. The molecule has 0 unspecified atom stereocenters. The summed E-state index contributed by atoms with van der Waals surface area (Å²) in [4.78, 5) is 29.3. The second-order valence-electron chi connectivity index (χ2n) is 7.96. The van der Waals surface area contributed by atoms with Crippen LogP contribution >= 0.6 is 0 Å². The monoisotopic (exact) mass is 537 g/mol. The van der Waals surface area contributed by atoms with E-state index in [0.29, 0.717) is 12.8 Å². The van der Waals surface area contributed by atoms with Crippen LogP contribution in [-0.4, -0.2) is 60.9 Å². The Balaban J connectivity index is 1.76. The lowest BCUT2D eigenvalue weighted by Gasteiger charge is -2.18. The summed E-state index contributed by atoms with van der Waals surface area (Å²) in [7, 11) is -2.30. The van der Waals surface area contributed by atoms with Crippen LogP contribution in [0.25, 0.3) is 11.4 Å². The van der Waals surface area contributed by atoms with Gasteiger partial charge in [0.1, 0.15) is 5.82 Å². The second-order valence-corrected chi connectivity index (χ2v) is 9.80. The van der Waals surface area contributed by atoms with Crippen molar-refractivity contribution < 1.29 is 35.8 Å². The number of hydrogen-bond acceptors (Lipinski definition) is 11. The van der Waals surface area contributed by atoms with E-state index in [1.165, 1.54) is 7.11 Å². The standard InChI is InChI=1S/C21H23FN8O6S/c1-23-21(32)17-16(14(8-24-29-17)27-20(31)10-4-5-10)26-13-7-11(22)6-12(18(13)35-2)19-28-15(36-30-19)9-25-37(3,33)34/h6-8,10,25H,4-5,9H2,1-3H3,(H,23,32)(H,24,26)(H,27,29,31)/i1D3. The first kappa shape index (κ1) is 22.1. The number of rotatable bonds is 10. The minimum absolute atomic E-state index is 0.0153. The maximum Gasteiger partial charge on any atom is 0.273 e. The maximum absolute atomic E-state index is 14.8. The highest BCUT2D eigenvalue weighted by molar-refractivity contribution is 7.88. The molecule has 1 fully saturated rings. The molecule has 37 heavy (non-hydrogen) atoms. The van der Waals surface area contributed by atoms with Crippen molar-refractivity contribution >= 4 is 38.9 Å². The Morgan fingerprint density at radius 3 is 2.76 bits per heavy atom. The SMILES string of the molecule is [2H]C([2H])([2H])NC(=O)c1nncc(NC(=O)C2CC2)c1Nc1cc(F)cc(-c2noc(CNS(C)(=O)=O)n2)c1OC. The molecule has 2 amide bonds. The van der Waals surface area contributed by atoms with Crippen molar-refractivity contribution in [3.63, 3.8) is 0 Å². The zero-order chi connectivity index (χ0) is 29.2. The number of ether oxygens (including phenoxy) is 1. The van der Waals surface area contributed by atoms with Crippen LogP contribution in [0.4, 0.5) is 21.5 Å². The summed E-state index contributed by atoms with van der Waals surface area (Å²) in [5.74, 6) is -2.85. The van der Waals surface area contributed by atoms with Gasteiger partial charge in [-0.05, 0) is 18.9 Å². The minimum atomic E-state index is -3.56. The minimum Gasteiger partial charge on any atom is -0.494 e. The summed E-state index contributed by atoms with van der Waals surface area (Å²) in [6, 6.07) is 2.04. The molecule has 196 valence electrons. The van der Waals surface area contributed by atoms with E-state index in [2.05, 4.69) is 35.7 Å². The van der Waals surface area contributed by atoms with Gasteiger partial charge in [0, 0.05) is 23.1 Å². The first-order chi connectivity index (χ1) is 18.7. The highest BCUT2D eigenvalue weighted by Gasteiger charge is 2.31. The lowest BCUT2D eigenvalue weighted by molar-refractivity contribution is -0.117. The summed E-state index contributed by atoms with van der Waals surface area (Å²) in [5, 5.41) is 18.4. The van der Waals surface area contributed by atoms with Gasteiger partial charge in [0.2, 0.25) is 27.6 Å². The number of nitrogens with one attached hydrogen (secondary N) is 4. The van der Waals surface area contributed by atoms with E-state index < -0.39 is 34.4 Å². The van der Waals surface area contributed by atoms with E-state index in [9.17, 15) is 22.4 Å². The maximum atomic E-state index is 14.8. The summed E-state index contributed by atoms with van der Waals surface area (Å²) < 4.78 is 72.3. The van der Waals surface area contributed by atoms with Gasteiger partial charge in [0.15, 0.2) is 11.4 Å². The van der Waals surface area contributed by atoms with Crippen molar-refractivity contribution in [2.75, 3.05) is 31.0 Å². The van der Waals surface area contributed by atoms with Gasteiger partial charge < -0.3 is 25.2 Å². The zero-order valence-corrected chi connectivity index (χ0v) is 20.3. The summed E-state index contributed by atoms with van der Waals surface area (Å²) in [6.07, 6.45) is 3.43. The molecule has 1 saturated carbocycles. The van der Waals surface area contributed by atoms with Crippen molar-refractivity contribution in [2.45, 2.75) is 19.4 Å². The van der Waals surface area contributed by atoms with Crippen molar-refractivity contribution in [2.24, 2.45) is 5.92 Å². The Morgan fingerprint density at radius 1 is 1.30 bits per heavy atom. The molecule has 2 aromatic heterocycles. The molecule has 1 aromatic carbocycles. The second kappa shape index (κ2) is 10.4. The van der Waals surface area contributed by atoms with Gasteiger partial charge in [-0.15, -0.1) is 5.10 Å². The number of hydrogen-bond donors (Lipinski definition) is 4. The fourth-order valence-electron chi connectivity index (χ4n) is 3.24. The van der Waals surface area contributed by atoms with E-state index in [1.807, 2.05) is 0 Å². The molecular weight excluding hydrogens is 511 g/mol. The van der Waals surface area contributed by atoms with Gasteiger partial charge in [-0.2, -0.15) is 10.1 Å². The smallest absolute Gasteiger partial charge is 0.273 e. The molecule has 4 rings (SSSR count). The molecule has 0 spiro atoms. The van der Waals surface area contributed by atoms with E-state index in [4.69, 9.17) is 13.4 Å². The number of nitrogens with zero attached hydrogens (tertiary/aromatic N) is 4. The molecule has 0 bridgehead atoms. The number of halogens is 1. The molecule has 2 heterocycles. The topological polar surface area (TPSA) is 190 Å².